The molecule has 4 rings (SSSR count). The van der Waals surface area contributed by atoms with Crippen LogP contribution in [0.25, 0.3) is 0 Å². The van der Waals surface area contributed by atoms with E-state index >= 15 is 0 Å². The van der Waals surface area contributed by atoms with Crippen LogP contribution in [0.3, 0.4) is 0 Å². The van der Waals surface area contributed by atoms with Gasteiger partial charge in [-0.25, -0.2) is 0 Å². The molecule has 0 aliphatic carbocycles. The average molecular weight is 549 g/mol. The molecule has 1 atom stereocenters. The first kappa shape index (κ1) is 30.4. The van der Waals surface area contributed by atoms with Crippen LogP contribution in [0, 0.1) is 5.92 Å². The van der Waals surface area contributed by atoms with Crippen LogP contribution < -0.4 is 9.47 Å². The standard InChI is InChI=1S/C39H48O2/c1-32(2)39(36-25-27-37(28-26-36)40-29-12-11-19-33-15-5-3-6-16-33)24-10-9-20-35-21-13-23-38(31-35)41-30-14-22-34-17-7-4-8-18-34/h3-8,13,15-18,21,23,25-28,31-32,39H,9-12,14,19-20,22,24,29-30H2,1-2H3. The lowest BCUT2D eigenvalue weighted by Gasteiger charge is -2.22. The monoisotopic (exact) mass is 548 g/mol. The van der Waals surface area contributed by atoms with E-state index in [1.807, 2.05) is 0 Å². The van der Waals surface area contributed by atoms with Crippen LogP contribution >= 0.6 is 0 Å². The highest BCUT2D eigenvalue weighted by Crippen LogP contribution is 2.31. The summed E-state index contributed by atoms with van der Waals surface area (Å²) in [5.41, 5.74) is 5.59. The highest BCUT2D eigenvalue weighted by molar-refractivity contribution is 5.30. The van der Waals surface area contributed by atoms with Crippen LogP contribution in [0.1, 0.15) is 80.5 Å². The molecule has 0 N–H and O–H groups in total. The van der Waals surface area contributed by atoms with Crippen LogP contribution in [-0.4, -0.2) is 13.2 Å². The number of ether oxygens (including phenoxy) is 2. The van der Waals surface area contributed by atoms with Crippen LogP contribution in [0.15, 0.2) is 109 Å². The molecule has 0 saturated carbocycles. The van der Waals surface area contributed by atoms with Gasteiger partial charge < -0.3 is 9.47 Å². The van der Waals surface area contributed by atoms with Crippen molar-refractivity contribution < 1.29 is 9.47 Å². The molecule has 0 aromatic heterocycles. The van der Waals surface area contributed by atoms with Crippen molar-refractivity contribution in [3.05, 3.63) is 131 Å². The molecule has 2 heteroatoms. The van der Waals surface area contributed by atoms with Crippen LogP contribution in [0.2, 0.25) is 0 Å². The number of hydrogen-bond acceptors (Lipinski definition) is 2. The zero-order valence-electron chi connectivity index (χ0n) is 25.1. The first-order chi connectivity index (χ1) is 20.2. The Morgan fingerprint density at radius 3 is 1.73 bits per heavy atom. The maximum Gasteiger partial charge on any atom is 0.119 e. The van der Waals surface area contributed by atoms with E-state index in [2.05, 4.69) is 123 Å². The molecule has 4 aromatic rings. The molecule has 0 saturated heterocycles. The fourth-order valence-corrected chi connectivity index (χ4v) is 5.56. The SMILES string of the molecule is CC(C)C(CCCCc1cccc(OCCCc2ccccc2)c1)c1ccc(OCCCCc2ccccc2)cc1. The summed E-state index contributed by atoms with van der Waals surface area (Å²) in [6.07, 6.45) is 10.2. The number of aryl methyl sites for hydroxylation is 3. The minimum Gasteiger partial charge on any atom is -0.494 e. The number of rotatable bonds is 18. The number of benzene rings is 4. The van der Waals surface area contributed by atoms with Gasteiger partial charge in [-0.1, -0.05) is 105 Å². The Labute approximate surface area is 248 Å². The first-order valence-electron chi connectivity index (χ1n) is 15.7. The van der Waals surface area contributed by atoms with E-state index in [0.29, 0.717) is 11.8 Å². The second-order valence-electron chi connectivity index (χ2n) is 11.5. The Morgan fingerprint density at radius 2 is 1.05 bits per heavy atom. The normalized spacial score (nSPS) is 11.9. The lowest BCUT2D eigenvalue weighted by atomic mass is 9.84. The molecule has 1 unspecified atom stereocenters. The Bertz CT molecular complexity index is 1230. The Morgan fingerprint density at radius 1 is 0.488 bits per heavy atom. The van der Waals surface area contributed by atoms with Crippen molar-refractivity contribution in [1.29, 1.82) is 0 Å². The molecule has 216 valence electrons. The summed E-state index contributed by atoms with van der Waals surface area (Å²) < 4.78 is 12.1. The molecule has 0 aliphatic heterocycles. The molecule has 0 radical (unpaired) electrons. The smallest absolute Gasteiger partial charge is 0.119 e. The molecular weight excluding hydrogens is 500 g/mol. The van der Waals surface area contributed by atoms with Crippen molar-refractivity contribution in [2.24, 2.45) is 5.92 Å². The van der Waals surface area contributed by atoms with E-state index in [0.717, 1.165) is 63.2 Å². The van der Waals surface area contributed by atoms with Gasteiger partial charge in [-0.2, -0.15) is 0 Å². The number of unbranched alkanes of at least 4 members (excludes halogenated alkanes) is 2. The van der Waals surface area contributed by atoms with E-state index < -0.39 is 0 Å². The van der Waals surface area contributed by atoms with Crippen LogP contribution in [0.4, 0.5) is 0 Å². The summed E-state index contributed by atoms with van der Waals surface area (Å²) in [6.45, 7) is 6.23. The zero-order chi connectivity index (χ0) is 28.5. The summed E-state index contributed by atoms with van der Waals surface area (Å²) in [5.74, 6) is 3.17. The average Bonchev–Trinajstić information content (AvgIpc) is 3.01. The van der Waals surface area contributed by atoms with Gasteiger partial charge in [0.05, 0.1) is 13.2 Å². The third kappa shape index (κ3) is 11.1. The molecule has 0 fully saturated rings. The quantitative estimate of drug-likeness (QED) is 0.115. The lowest BCUT2D eigenvalue weighted by molar-refractivity contribution is 0.306. The summed E-state index contributed by atoms with van der Waals surface area (Å²) in [4.78, 5) is 0. The predicted molar refractivity (Wildman–Crippen MR) is 173 cm³/mol. The van der Waals surface area contributed by atoms with Gasteiger partial charge >= 0.3 is 0 Å². The lowest BCUT2D eigenvalue weighted by Crippen LogP contribution is -2.07. The molecule has 0 amide bonds. The third-order valence-electron chi connectivity index (χ3n) is 7.93. The van der Waals surface area contributed by atoms with E-state index in [-0.39, 0.29) is 0 Å². The largest absolute Gasteiger partial charge is 0.494 e. The van der Waals surface area contributed by atoms with Gasteiger partial charge in [0.1, 0.15) is 11.5 Å². The molecule has 41 heavy (non-hydrogen) atoms. The number of hydrogen-bond donors (Lipinski definition) is 0. The molecule has 0 heterocycles. The van der Waals surface area contributed by atoms with Gasteiger partial charge in [0, 0.05) is 0 Å². The highest BCUT2D eigenvalue weighted by Gasteiger charge is 2.15. The fourth-order valence-electron chi connectivity index (χ4n) is 5.56. The minimum atomic E-state index is 0.578. The summed E-state index contributed by atoms with van der Waals surface area (Å²) in [5, 5.41) is 0. The Kier molecular flexibility index (Phi) is 12.9. The summed E-state index contributed by atoms with van der Waals surface area (Å²) in [7, 11) is 0. The van der Waals surface area contributed by atoms with Crippen molar-refractivity contribution in [2.75, 3.05) is 13.2 Å². The van der Waals surface area contributed by atoms with E-state index in [4.69, 9.17) is 9.47 Å². The Hall–Kier alpha value is -3.52. The molecule has 0 aliphatic rings. The van der Waals surface area contributed by atoms with E-state index in [9.17, 15) is 0 Å². The van der Waals surface area contributed by atoms with Crippen molar-refractivity contribution in [3.63, 3.8) is 0 Å². The fraction of sp³-hybridized carbons (Fsp3) is 0.385. The highest BCUT2D eigenvalue weighted by atomic mass is 16.5. The van der Waals surface area contributed by atoms with Crippen molar-refractivity contribution in [3.8, 4) is 11.5 Å². The third-order valence-corrected chi connectivity index (χ3v) is 7.93. The van der Waals surface area contributed by atoms with Gasteiger partial charge in [-0.05, 0) is 110 Å². The van der Waals surface area contributed by atoms with Crippen LogP contribution in [-0.2, 0) is 19.3 Å². The van der Waals surface area contributed by atoms with Crippen molar-refractivity contribution in [2.45, 2.75) is 77.6 Å². The van der Waals surface area contributed by atoms with Gasteiger partial charge in [-0.3, -0.25) is 0 Å². The Balaban J connectivity index is 1.14. The second-order valence-corrected chi connectivity index (χ2v) is 11.5. The van der Waals surface area contributed by atoms with Crippen molar-refractivity contribution >= 4 is 0 Å². The zero-order valence-corrected chi connectivity index (χ0v) is 25.1. The van der Waals surface area contributed by atoms with Crippen molar-refractivity contribution in [1.82, 2.24) is 0 Å². The van der Waals surface area contributed by atoms with Gasteiger partial charge in [0.15, 0.2) is 0 Å². The van der Waals surface area contributed by atoms with Crippen LogP contribution in [0.5, 0.6) is 11.5 Å². The molecule has 2 nitrogen and oxygen atoms in total. The minimum absolute atomic E-state index is 0.578. The first-order valence-corrected chi connectivity index (χ1v) is 15.7. The summed E-state index contributed by atoms with van der Waals surface area (Å²) in [6, 6.07) is 38.9. The second kappa shape index (κ2) is 17.3. The van der Waals surface area contributed by atoms with Gasteiger partial charge in [0.25, 0.3) is 0 Å². The topological polar surface area (TPSA) is 18.5 Å². The van der Waals surface area contributed by atoms with Gasteiger partial charge in [0.2, 0.25) is 0 Å². The maximum atomic E-state index is 6.06. The maximum absolute atomic E-state index is 6.06. The summed E-state index contributed by atoms with van der Waals surface area (Å²) >= 11 is 0. The van der Waals surface area contributed by atoms with Gasteiger partial charge in [-0.15, -0.1) is 0 Å². The molecule has 0 spiro atoms. The predicted octanol–water partition coefficient (Wildman–Crippen LogP) is 10.3. The molecule has 4 aromatic carbocycles. The molecule has 0 bridgehead atoms. The van der Waals surface area contributed by atoms with E-state index in [1.165, 1.54) is 41.5 Å². The van der Waals surface area contributed by atoms with E-state index in [1.54, 1.807) is 0 Å². The molecular formula is C39H48O2.